The van der Waals surface area contributed by atoms with Gasteiger partial charge in [-0.1, -0.05) is 322 Å². The van der Waals surface area contributed by atoms with E-state index in [-0.39, 0.29) is 11.6 Å². The van der Waals surface area contributed by atoms with E-state index in [0.717, 1.165) is 139 Å². The molecule has 0 radical (unpaired) electrons. The van der Waals surface area contributed by atoms with Crippen molar-refractivity contribution >= 4 is 66.4 Å². The summed E-state index contributed by atoms with van der Waals surface area (Å²) in [6, 6.07) is 137. The molecule has 17 aromatic carbocycles. The van der Waals surface area contributed by atoms with Gasteiger partial charge in [-0.05, 0) is 189 Å². The zero-order chi connectivity index (χ0) is 67.1. The largest absolute Gasteiger partial charge is 0.307 e. The molecule has 2 nitrogen and oxygen atoms in total. The smallest absolute Gasteiger partial charge is 0.148 e. The molecule has 0 saturated heterocycles. The van der Waals surface area contributed by atoms with Gasteiger partial charge in [-0.3, -0.25) is 0 Å². The number of hydrogen-bond donors (Lipinski definition) is 0. The minimum atomic E-state index is -0.298. The van der Waals surface area contributed by atoms with Crippen molar-refractivity contribution < 1.29 is 8.78 Å². The van der Waals surface area contributed by atoms with Crippen LogP contribution in [0.2, 0.25) is 0 Å². The van der Waals surface area contributed by atoms with Gasteiger partial charge in [0.2, 0.25) is 0 Å². The molecule has 0 aromatic heterocycles. The Labute approximate surface area is 582 Å². The lowest BCUT2D eigenvalue weighted by Gasteiger charge is -2.29. The number of fused-ring (bicyclic) bond motifs is 4. The van der Waals surface area contributed by atoms with E-state index in [1.807, 2.05) is 146 Å². The van der Waals surface area contributed by atoms with E-state index >= 15 is 8.78 Å². The Morgan fingerprint density at radius 1 is 0.160 bits per heavy atom. The van der Waals surface area contributed by atoms with Crippen LogP contribution < -0.4 is 9.80 Å². The molecule has 0 aliphatic carbocycles. The van der Waals surface area contributed by atoms with E-state index in [1.165, 1.54) is 5.39 Å². The molecule has 17 aromatic rings. The predicted molar refractivity (Wildman–Crippen MR) is 418 cm³/mol. The number of nitrogens with zero attached hydrogens (tertiary/aromatic N) is 2. The summed E-state index contributed by atoms with van der Waals surface area (Å²) in [5, 5.41) is 6.68. The Bertz CT molecular complexity index is 5510. The number of halogens is 2. The molecule has 4 heteroatoms. The maximum absolute atomic E-state index is 17.5. The Morgan fingerprint density at radius 2 is 0.430 bits per heavy atom. The highest BCUT2D eigenvalue weighted by molar-refractivity contribution is 6.15. The zero-order valence-electron chi connectivity index (χ0n) is 54.8. The van der Waals surface area contributed by atoms with Crippen LogP contribution in [0.5, 0.6) is 0 Å². The molecule has 0 amide bonds. The van der Waals surface area contributed by atoms with Gasteiger partial charge >= 0.3 is 0 Å². The Morgan fingerprint density at radius 3 is 0.800 bits per heavy atom. The summed E-state index contributed by atoms with van der Waals surface area (Å²) in [5.41, 5.74) is 20.6. The summed E-state index contributed by atoms with van der Waals surface area (Å²) in [7, 11) is 0. The molecule has 17 rings (SSSR count). The van der Waals surface area contributed by atoms with E-state index in [2.05, 4.69) is 252 Å². The van der Waals surface area contributed by atoms with Crippen LogP contribution in [-0.4, -0.2) is 0 Å². The van der Waals surface area contributed by atoms with Crippen LogP contribution in [0.25, 0.3) is 121 Å². The highest BCUT2D eigenvalue weighted by atomic mass is 19.1. The van der Waals surface area contributed by atoms with E-state index in [0.29, 0.717) is 11.4 Å². The lowest BCUT2D eigenvalue weighted by atomic mass is 9.90. The van der Waals surface area contributed by atoms with Crippen LogP contribution >= 0.6 is 0 Å². The van der Waals surface area contributed by atoms with Crippen LogP contribution in [0.3, 0.4) is 0 Å². The van der Waals surface area contributed by atoms with Crippen LogP contribution in [0, 0.1) is 11.6 Å². The third-order valence-corrected chi connectivity index (χ3v) is 18.9. The summed E-state index contributed by atoms with van der Waals surface area (Å²) in [6.45, 7) is 0. The molecule has 474 valence electrons. The monoisotopic (exact) mass is 1280 g/mol. The van der Waals surface area contributed by atoms with Gasteiger partial charge in [-0.15, -0.1) is 0 Å². The normalized spacial score (nSPS) is 11.1. The first-order valence-electron chi connectivity index (χ1n) is 33.8. The van der Waals surface area contributed by atoms with Crippen molar-refractivity contribution in [3.8, 4) is 89.0 Å². The van der Waals surface area contributed by atoms with Gasteiger partial charge < -0.3 is 9.80 Å². The molecule has 0 N–H and O–H groups in total. The zero-order valence-corrected chi connectivity index (χ0v) is 54.8. The van der Waals surface area contributed by atoms with Gasteiger partial charge in [0.1, 0.15) is 11.6 Å². The molecule has 0 saturated carbocycles. The van der Waals surface area contributed by atoms with Crippen molar-refractivity contribution in [3.05, 3.63) is 412 Å². The summed E-state index contributed by atoms with van der Waals surface area (Å²) < 4.78 is 34.6. The predicted octanol–water partition coefficient (Wildman–Crippen LogP) is 27.4. The molecule has 0 atom stereocenters. The van der Waals surface area contributed by atoms with Crippen molar-refractivity contribution in [1.82, 2.24) is 0 Å². The quantitative estimate of drug-likeness (QED) is 0.100. The first-order chi connectivity index (χ1) is 49.4. The Hall–Kier alpha value is -13.0. The minimum absolute atomic E-state index is 0.293. The second-order valence-electron chi connectivity index (χ2n) is 25.0. The molecule has 0 aliphatic heterocycles. The average molecular weight is 1290 g/mol. The van der Waals surface area contributed by atoms with Crippen LogP contribution in [0.15, 0.2) is 400 Å². The molecule has 0 fully saturated rings. The molecular weight excluding hydrogens is 1220 g/mol. The fraction of sp³-hybridized carbons (Fsp3) is 0. The first kappa shape index (κ1) is 61.8. The first-order valence-corrected chi connectivity index (χ1v) is 33.8. The molecule has 0 aliphatic rings. The summed E-state index contributed by atoms with van der Waals surface area (Å²) in [5.74, 6) is -0.591. The third-order valence-electron chi connectivity index (χ3n) is 18.9. The van der Waals surface area contributed by atoms with Gasteiger partial charge in [0.15, 0.2) is 0 Å². The molecule has 0 spiro atoms. The lowest BCUT2D eigenvalue weighted by Crippen LogP contribution is -2.13. The third kappa shape index (κ3) is 12.6. The standard InChI is InChI=1S/C50H34FN.C46H32FN/c51-49-34-41(37-18-8-3-9-19-37)33-48(47-32-40-20-10-11-21-44(40)45-22-12-13-23-46(45)47)50(49)52(42-28-24-38(25-29-42)35-14-4-1-5-15-35)43-30-26-39(27-31-43)36-16-6-2-7-17-36;47-45-32-39(35-17-8-3-9-18-35)31-44(43-22-12-20-38-19-10-11-21-42(38)43)46(45)48(40-27-23-36(24-28-40)33-13-4-1-5-14-33)41-29-25-37(26-30-41)34-15-6-2-7-16-34/h1-34H;1-32H. The Balaban J connectivity index is 0.000000156. The maximum atomic E-state index is 17.5. The molecular formula is C96H66F2N2. The highest BCUT2D eigenvalue weighted by Gasteiger charge is 2.27. The molecule has 0 bridgehead atoms. The summed E-state index contributed by atoms with van der Waals surface area (Å²) >= 11 is 0. The number of anilines is 6. The maximum Gasteiger partial charge on any atom is 0.148 e. The van der Waals surface area contributed by atoms with Gasteiger partial charge in [0.25, 0.3) is 0 Å². The van der Waals surface area contributed by atoms with Crippen molar-refractivity contribution in [3.63, 3.8) is 0 Å². The lowest BCUT2D eigenvalue weighted by molar-refractivity contribution is 0.629. The number of benzene rings is 17. The fourth-order valence-corrected chi connectivity index (χ4v) is 13.9. The summed E-state index contributed by atoms with van der Waals surface area (Å²) in [6.07, 6.45) is 0. The van der Waals surface area contributed by atoms with E-state index in [9.17, 15) is 0 Å². The van der Waals surface area contributed by atoms with Crippen molar-refractivity contribution in [2.24, 2.45) is 0 Å². The molecule has 100 heavy (non-hydrogen) atoms. The van der Waals surface area contributed by atoms with Crippen molar-refractivity contribution in [2.75, 3.05) is 9.80 Å². The van der Waals surface area contributed by atoms with Gasteiger partial charge in [-0.25, -0.2) is 8.78 Å². The second-order valence-corrected chi connectivity index (χ2v) is 25.0. The van der Waals surface area contributed by atoms with Crippen LogP contribution in [-0.2, 0) is 0 Å². The van der Waals surface area contributed by atoms with Crippen LogP contribution in [0.4, 0.5) is 42.9 Å². The average Bonchev–Trinajstić information content (AvgIpc) is 0.749. The van der Waals surface area contributed by atoms with E-state index in [1.54, 1.807) is 12.1 Å². The Kier molecular flexibility index (Phi) is 17.3. The van der Waals surface area contributed by atoms with E-state index in [4.69, 9.17) is 0 Å². The van der Waals surface area contributed by atoms with E-state index < -0.39 is 0 Å². The second kappa shape index (κ2) is 28.0. The SMILES string of the molecule is Fc1cc(-c2ccccc2)cc(-c2cc3ccccc3c3ccccc23)c1N(c1ccc(-c2ccccc2)cc1)c1ccc(-c2ccccc2)cc1.Fc1cc(-c2ccccc2)cc(-c2cccc3ccccc23)c1N(c1ccc(-c2ccccc2)cc1)c1ccc(-c2ccccc2)cc1. The van der Waals surface area contributed by atoms with Gasteiger partial charge in [0.05, 0.1) is 11.4 Å². The molecule has 0 unspecified atom stereocenters. The van der Waals surface area contributed by atoms with Gasteiger partial charge in [0, 0.05) is 33.9 Å². The number of rotatable bonds is 14. The number of hydrogen-bond acceptors (Lipinski definition) is 2. The topological polar surface area (TPSA) is 6.48 Å². The molecule has 0 heterocycles. The van der Waals surface area contributed by atoms with Crippen molar-refractivity contribution in [1.29, 1.82) is 0 Å². The fourth-order valence-electron chi connectivity index (χ4n) is 13.9. The minimum Gasteiger partial charge on any atom is -0.307 e. The highest BCUT2D eigenvalue weighted by Crippen LogP contribution is 2.50. The van der Waals surface area contributed by atoms with Crippen LogP contribution in [0.1, 0.15) is 0 Å². The van der Waals surface area contributed by atoms with Gasteiger partial charge in [-0.2, -0.15) is 0 Å². The summed E-state index contributed by atoms with van der Waals surface area (Å²) in [4.78, 5) is 4.14. The van der Waals surface area contributed by atoms with Crippen molar-refractivity contribution in [2.45, 2.75) is 0 Å².